The van der Waals surface area contributed by atoms with E-state index in [1.165, 1.54) is 11.1 Å². The zero-order valence-corrected chi connectivity index (χ0v) is 16.1. The molecule has 3 aromatic rings. The van der Waals surface area contributed by atoms with Crippen LogP contribution in [0.3, 0.4) is 0 Å². The highest BCUT2D eigenvalue weighted by atomic mass is 16.3. The van der Waals surface area contributed by atoms with E-state index >= 15 is 0 Å². The van der Waals surface area contributed by atoms with Gasteiger partial charge < -0.3 is 9.73 Å². The van der Waals surface area contributed by atoms with Gasteiger partial charge in [0, 0.05) is 18.2 Å². The second-order valence-electron chi connectivity index (χ2n) is 7.63. The molecule has 1 aliphatic rings. The molecule has 3 atom stereocenters. The number of nitrogens with one attached hydrogen (secondary N) is 1. The number of aryl methyl sites for hydroxylation is 1. The minimum atomic E-state index is -0.614. The summed E-state index contributed by atoms with van der Waals surface area (Å²) in [5.74, 6) is 0.995. The highest BCUT2D eigenvalue weighted by Gasteiger charge is 2.28. The van der Waals surface area contributed by atoms with Crippen LogP contribution in [0.5, 0.6) is 0 Å². The SMILES string of the molecule is CCC(C(=O)NC1CCCCC1C)n1nc(C)n2c(cc3occc32)c1=O. The maximum atomic E-state index is 13.1. The molecule has 1 N–H and O–H groups in total. The summed E-state index contributed by atoms with van der Waals surface area (Å²) in [4.78, 5) is 26.0. The fourth-order valence-corrected chi connectivity index (χ4v) is 4.29. The largest absolute Gasteiger partial charge is 0.463 e. The summed E-state index contributed by atoms with van der Waals surface area (Å²) in [5, 5.41) is 7.64. The van der Waals surface area contributed by atoms with Crippen molar-refractivity contribution in [1.82, 2.24) is 19.5 Å². The van der Waals surface area contributed by atoms with Gasteiger partial charge in [0.05, 0.1) is 11.8 Å². The first kappa shape index (κ1) is 17.8. The minimum Gasteiger partial charge on any atom is -0.463 e. The molecule has 1 saturated carbocycles. The quantitative estimate of drug-likeness (QED) is 0.765. The fraction of sp³-hybridized carbons (Fsp3) is 0.550. The number of nitrogens with zero attached hydrogens (tertiary/aromatic N) is 3. The first-order chi connectivity index (χ1) is 13.0. The van der Waals surface area contributed by atoms with E-state index in [4.69, 9.17) is 4.42 Å². The predicted molar refractivity (Wildman–Crippen MR) is 103 cm³/mol. The van der Waals surface area contributed by atoms with Gasteiger partial charge in [0.1, 0.15) is 17.4 Å². The summed E-state index contributed by atoms with van der Waals surface area (Å²) < 4.78 is 8.55. The van der Waals surface area contributed by atoms with Gasteiger partial charge in [-0.25, -0.2) is 4.68 Å². The van der Waals surface area contributed by atoms with E-state index in [0.717, 1.165) is 24.8 Å². The third-order valence-electron chi connectivity index (χ3n) is 5.85. The minimum absolute atomic E-state index is 0.121. The van der Waals surface area contributed by atoms with Gasteiger partial charge in [-0.3, -0.25) is 14.0 Å². The number of hydrogen-bond acceptors (Lipinski definition) is 4. The van der Waals surface area contributed by atoms with Crippen LogP contribution in [0.1, 0.15) is 57.8 Å². The molecule has 0 radical (unpaired) electrons. The molecule has 0 spiro atoms. The molecule has 1 amide bonds. The molecular weight excluding hydrogens is 344 g/mol. The van der Waals surface area contributed by atoms with E-state index in [1.807, 2.05) is 19.9 Å². The number of rotatable bonds is 4. The van der Waals surface area contributed by atoms with Crippen LogP contribution < -0.4 is 10.9 Å². The number of furan rings is 1. The maximum Gasteiger partial charge on any atom is 0.291 e. The normalized spacial score (nSPS) is 21.6. The Morgan fingerprint density at radius 1 is 1.37 bits per heavy atom. The lowest BCUT2D eigenvalue weighted by molar-refractivity contribution is -0.126. The van der Waals surface area contributed by atoms with Crippen LogP contribution >= 0.6 is 0 Å². The summed E-state index contributed by atoms with van der Waals surface area (Å²) >= 11 is 0. The van der Waals surface area contributed by atoms with Gasteiger partial charge in [-0.05, 0) is 32.1 Å². The van der Waals surface area contributed by atoms with Crippen LogP contribution in [-0.4, -0.2) is 26.1 Å². The molecule has 144 valence electrons. The third kappa shape index (κ3) is 2.95. The first-order valence-corrected chi connectivity index (χ1v) is 9.79. The Hall–Kier alpha value is -2.57. The molecule has 0 saturated heterocycles. The second-order valence-corrected chi connectivity index (χ2v) is 7.63. The second kappa shape index (κ2) is 6.87. The highest BCUT2D eigenvalue weighted by Crippen LogP contribution is 2.25. The maximum absolute atomic E-state index is 13.1. The van der Waals surface area contributed by atoms with Crippen molar-refractivity contribution < 1.29 is 9.21 Å². The topological polar surface area (TPSA) is 81.5 Å². The molecule has 0 bridgehead atoms. The van der Waals surface area contributed by atoms with Crippen molar-refractivity contribution in [3.8, 4) is 0 Å². The van der Waals surface area contributed by atoms with Crippen molar-refractivity contribution in [2.75, 3.05) is 0 Å². The van der Waals surface area contributed by atoms with Gasteiger partial charge in [0.25, 0.3) is 5.56 Å². The van der Waals surface area contributed by atoms with E-state index in [1.54, 1.807) is 16.7 Å². The Balaban J connectivity index is 1.71. The van der Waals surface area contributed by atoms with Crippen LogP contribution in [0.2, 0.25) is 0 Å². The number of aromatic nitrogens is 3. The fourth-order valence-electron chi connectivity index (χ4n) is 4.29. The van der Waals surface area contributed by atoms with Gasteiger partial charge in [-0.1, -0.05) is 26.7 Å². The molecule has 0 aliphatic heterocycles. The summed E-state index contributed by atoms with van der Waals surface area (Å²) in [6.45, 7) is 5.93. The Kier molecular flexibility index (Phi) is 4.53. The number of carbonyl (C=O) groups excluding carboxylic acids is 1. The van der Waals surface area contributed by atoms with E-state index in [0.29, 0.717) is 29.3 Å². The summed E-state index contributed by atoms with van der Waals surface area (Å²) in [5.41, 5.74) is 1.66. The lowest BCUT2D eigenvalue weighted by Crippen LogP contribution is -2.46. The van der Waals surface area contributed by atoms with Crippen molar-refractivity contribution in [2.24, 2.45) is 5.92 Å². The Labute approximate surface area is 157 Å². The average Bonchev–Trinajstić information content (AvgIpc) is 3.23. The number of hydrogen-bond donors (Lipinski definition) is 1. The van der Waals surface area contributed by atoms with E-state index < -0.39 is 6.04 Å². The van der Waals surface area contributed by atoms with Crippen LogP contribution in [0, 0.1) is 12.8 Å². The van der Waals surface area contributed by atoms with Gasteiger partial charge >= 0.3 is 0 Å². The van der Waals surface area contributed by atoms with Crippen LogP contribution in [0.4, 0.5) is 0 Å². The molecule has 4 rings (SSSR count). The van der Waals surface area contributed by atoms with Crippen LogP contribution in [0.15, 0.2) is 27.6 Å². The molecule has 3 aromatic heterocycles. The molecule has 0 aromatic carbocycles. The highest BCUT2D eigenvalue weighted by molar-refractivity contribution is 5.83. The lowest BCUT2D eigenvalue weighted by Gasteiger charge is -2.31. The summed E-state index contributed by atoms with van der Waals surface area (Å²) in [7, 11) is 0. The van der Waals surface area contributed by atoms with Crippen molar-refractivity contribution >= 4 is 22.5 Å². The van der Waals surface area contributed by atoms with Crippen LogP contribution in [-0.2, 0) is 4.79 Å². The van der Waals surface area contributed by atoms with Crippen molar-refractivity contribution in [3.05, 3.63) is 34.6 Å². The zero-order chi connectivity index (χ0) is 19.1. The Bertz CT molecular complexity index is 1040. The third-order valence-corrected chi connectivity index (χ3v) is 5.85. The Morgan fingerprint density at radius 3 is 2.89 bits per heavy atom. The van der Waals surface area contributed by atoms with Gasteiger partial charge in [-0.15, -0.1) is 0 Å². The summed E-state index contributed by atoms with van der Waals surface area (Å²) in [6.07, 6.45) is 6.59. The molecule has 27 heavy (non-hydrogen) atoms. The van der Waals surface area contributed by atoms with Crippen LogP contribution in [0.25, 0.3) is 16.6 Å². The smallest absolute Gasteiger partial charge is 0.291 e. The predicted octanol–water partition coefficient (Wildman–Crippen LogP) is 3.20. The lowest BCUT2D eigenvalue weighted by atomic mass is 9.86. The first-order valence-electron chi connectivity index (χ1n) is 9.79. The molecule has 7 nitrogen and oxygen atoms in total. The molecule has 7 heteroatoms. The van der Waals surface area contributed by atoms with Crippen molar-refractivity contribution in [2.45, 2.75) is 65.0 Å². The van der Waals surface area contributed by atoms with Crippen molar-refractivity contribution in [3.63, 3.8) is 0 Å². The average molecular weight is 370 g/mol. The van der Waals surface area contributed by atoms with Gasteiger partial charge in [-0.2, -0.15) is 5.10 Å². The Morgan fingerprint density at radius 2 is 2.15 bits per heavy atom. The number of carbonyl (C=O) groups is 1. The molecular formula is C20H26N4O3. The van der Waals surface area contributed by atoms with E-state index in [9.17, 15) is 9.59 Å². The number of fused-ring (bicyclic) bond motifs is 3. The molecule has 3 unspecified atom stereocenters. The molecule has 1 fully saturated rings. The monoisotopic (exact) mass is 370 g/mol. The zero-order valence-electron chi connectivity index (χ0n) is 16.1. The van der Waals surface area contributed by atoms with Gasteiger partial charge in [0.2, 0.25) is 5.91 Å². The molecule has 3 heterocycles. The van der Waals surface area contributed by atoms with E-state index in [2.05, 4.69) is 17.3 Å². The summed E-state index contributed by atoms with van der Waals surface area (Å²) in [6, 6.07) is 3.10. The standard InChI is InChI=1S/C20H26N4O3/c1-4-15(19(25)21-14-8-6-5-7-12(14)2)24-20(26)17-11-18-16(9-10-27-18)23(17)13(3)22-24/h9-12,14-15H,4-8H2,1-3H3,(H,21,25). The number of amides is 1. The molecule has 1 aliphatic carbocycles. The van der Waals surface area contributed by atoms with Gasteiger partial charge in [0.15, 0.2) is 5.58 Å². The van der Waals surface area contributed by atoms with Crippen molar-refractivity contribution in [1.29, 1.82) is 0 Å². The van der Waals surface area contributed by atoms with E-state index in [-0.39, 0.29) is 17.5 Å².